The molecular weight excluding hydrogens is 280 g/mol. The second kappa shape index (κ2) is 7.26. The van der Waals surface area contributed by atoms with Crippen LogP contribution in [-0.4, -0.2) is 23.4 Å². The molecule has 2 aromatic carbocycles. The zero-order chi connectivity index (χ0) is 15.0. The Balaban J connectivity index is 1.45. The molecule has 0 spiro atoms. The minimum atomic E-state index is 0.484. The smallest absolute Gasteiger partial charge is 0.247 e. The summed E-state index contributed by atoms with van der Waals surface area (Å²) < 4.78 is 16.5. The van der Waals surface area contributed by atoms with Gasteiger partial charge in [-0.1, -0.05) is 24.3 Å². The summed E-state index contributed by atoms with van der Waals surface area (Å²) in [4.78, 5) is 0. The molecule has 0 saturated heterocycles. The number of rotatable bonds is 7. The standard InChI is InChI=1S/C17H16N2O3/c1-2-7-15(8-3-1)20-10-5-11-21-16-9-4-6-14(12-16)17-19-18-13-22-17/h1-4,6-9,12-13H,5,10-11H2. The van der Waals surface area contributed by atoms with Gasteiger partial charge in [-0.25, -0.2) is 0 Å². The molecule has 0 unspecified atom stereocenters. The van der Waals surface area contributed by atoms with E-state index in [0.29, 0.717) is 19.1 Å². The molecule has 0 aliphatic rings. The van der Waals surface area contributed by atoms with Crippen molar-refractivity contribution in [1.82, 2.24) is 10.2 Å². The van der Waals surface area contributed by atoms with Crippen LogP contribution in [0.3, 0.4) is 0 Å². The van der Waals surface area contributed by atoms with E-state index in [1.54, 1.807) is 0 Å². The molecule has 1 aromatic heterocycles. The summed E-state index contributed by atoms with van der Waals surface area (Å²) in [5.74, 6) is 2.13. The summed E-state index contributed by atoms with van der Waals surface area (Å²) >= 11 is 0. The monoisotopic (exact) mass is 296 g/mol. The van der Waals surface area contributed by atoms with Crippen LogP contribution >= 0.6 is 0 Å². The molecule has 0 atom stereocenters. The highest BCUT2D eigenvalue weighted by Gasteiger charge is 2.04. The number of benzene rings is 2. The van der Waals surface area contributed by atoms with Crippen LogP contribution in [0.1, 0.15) is 6.42 Å². The molecule has 0 aliphatic heterocycles. The van der Waals surface area contributed by atoms with Gasteiger partial charge in [-0.3, -0.25) is 0 Å². The Hall–Kier alpha value is -2.82. The fraction of sp³-hybridized carbons (Fsp3) is 0.176. The molecule has 3 rings (SSSR count). The first-order valence-corrected chi connectivity index (χ1v) is 7.09. The third-order valence-electron chi connectivity index (χ3n) is 3.01. The molecule has 0 fully saturated rings. The van der Waals surface area contributed by atoms with Gasteiger partial charge in [0, 0.05) is 12.0 Å². The van der Waals surface area contributed by atoms with E-state index in [2.05, 4.69) is 10.2 Å². The second-order valence-electron chi connectivity index (χ2n) is 4.64. The van der Waals surface area contributed by atoms with Crippen molar-refractivity contribution in [1.29, 1.82) is 0 Å². The van der Waals surface area contributed by atoms with E-state index >= 15 is 0 Å². The molecule has 0 saturated carbocycles. The highest BCUT2D eigenvalue weighted by Crippen LogP contribution is 2.21. The fourth-order valence-electron chi connectivity index (χ4n) is 1.97. The van der Waals surface area contributed by atoms with Crippen LogP contribution < -0.4 is 9.47 Å². The average molecular weight is 296 g/mol. The molecule has 22 heavy (non-hydrogen) atoms. The van der Waals surface area contributed by atoms with Gasteiger partial charge in [0.1, 0.15) is 11.5 Å². The normalized spacial score (nSPS) is 10.4. The van der Waals surface area contributed by atoms with E-state index in [4.69, 9.17) is 13.9 Å². The van der Waals surface area contributed by atoms with Gasteiger partial charge >= 0.3 is 0 Å². The minimum Gasteiger partial charge on any atom is -0.493 e. The SMILES string of the molecule is c1ccc(OCCCOc2cccc(-c3nnco3)c2)cc1. The molecule has 5 heteroatoms. The van der Waals surface area contributed by atoms with Crippen LogP contribution in [-0.2, 0) is 0 Å². The number of nitrogens with zero attached hydrogens (tertiary/aromatic N) is 2. The number of aromatic nitrogens is 2. The third kappa shape index (κ3) is 3.85. The van der Waals surface area contributed by atoms with Gasteiger partial charge in [-0.2, -0.15) is 0 Å². The zero-order valence-electron chi connectivity index (χ0n) is 12.0. The minimum absolute atomic E-state index is 0.484. The first-order chi connectivity index (χ1) is 10.9. The molecule has 1 heterocycles. The van der Waals surface area contributed by atoms with E-state index < -0.39 is 0 Å². The first-order valence-electron chi connectivity index (χ1n) is 7.09. The van der Waals surface area contributed by atoms with Crippen molar-refractivity contribution in [3.63, 3.8) is 0 Å². The Labute approximate surface area is 128 Å². The molecule has 112 valence electrons. The van der Waals surface area contributed by atoms with Crippen molar-refractivity contribution in [3.05, 3.63) is 61.0 Å². The maximum Gasteiger partial charge on any atom is 0.247 e. The van der Waals surface area contributed by atoms with Crippen molar-refractivity contribution in [2.24, 2.45) is 0 Å². The van der Waals surface area contributed by atoms with Crippen LogP contribution in [0.25, 0.3) is 11.5 Å². The molecule has 0 aliphatic carbocycles. The van der Waals surface area contributed by atoms with Crippen molar-refractivity contribution in [2.45, 2.75) is 6.42 Å². The van der Waals surface area contributed by atoms with Gasteiger partial charge in [0.25, 0.3) is 0 Å². The highest BCUT2D eigenvalue weighted by atomic mass is 16.5. The lowest BCUT2D eigenvalue weighted by Crippen LogP contribution is -2.04. The molecule has 0 radical (unpaired) electrons. The predicted molar refractivity (Wildman–Crippen MR) is 81.8 cm³/mol. The highest BCUT2D eigenvalue weighted by molar-refractivity contribution is 5.55. The summed E-state index contributed by atoms with van der Waals surface area (Å²) in [6, 6.07) is 17.3. The van der Waals surface area contributed by atoms with Gasteiger partial charge in [-0.05, 0) is 30.3 Å². The van der Waals surface area contributed by atoms with Gasteiger partial charge in [0.15, 0.2) is 0 Å². The Morgan fingerprint density at radius 2 is 1.64 bits per heavy atom. The third-order valence-corrected chi connectivity index (χ3v) is 3.01. The zero-order valence-corrected chi connectivity index (χ0v) is 12.0. The molecule has 0 amide bonds. The Kier molecular flexibility index (Phi) is 4.67. The van der Waals surface area contributed by atoms with E-state index in [1.165, 1.54) is 6.39 Å². The van der Waals surface area contributed by atoms with Crippen molar-refractivity contribution >= 4 is 0 Å². The number of hydrogen-bond donors (Lipinski definition) is 0. The van der Waals surface area contributed by atoms with Gasteiger partial charge < -0.3 is 13.9 Å². The van der Waals surface area contributed by atoms with E-state index in [9.17, 15) is 0 Å². The van der Waals surface area contributed by atoms with Crippen LogP contribution in [0.5, 0.6) is 11.5 Å². The van der Waals surface area contributed by atoms with Gasteiger partial charge in [0.2, 0.25) is 12.3 Å². The summed E-state index contributed by atoms with van der Waals surface area (Å²) in [5.41, 5.74) is 0.843. The molecule has 0 bridgehead atoms. The summed E-state index contributed by atoms with van der Waals surface area (Å²) in [6.45, 7) is 1.20. The molecule has 3 aromatic rings. The average Bonchev–Trinajstić information content (AvgIpc) is 3.10. The quantitative estimate of drug-likeness (QED) is 0.624. The second-order valence-corrected chi connectivity index (χ2v) is 4.64. The van der Waals surface area contributed by atoms with Crippen molar-refractivity contribution < 1.29 is 13.9 Å². The first kappa shape index (κ1) is 14.1. The Morgan fingerprint density at radius 3 is 2.41 bits per heavy atom. The summed E-state index contributed by atoms with van der Waals surface area (Å²) in [7, 11) is 0. The largest absolute Gasteiger partial charge is 0.493 e. The van der Waals surface area contributed by atoms with Crippen LogP contribution in [0.2, 0.25) is 0 Å². The lowest BCUT2D eigenvalue weighted by Gasteiger charge is -2.08. The van der Waals surface area contributed by atoms with Crippen LogP contribution in [0.15, 0.2) is 65.4 Å². The lowest BCUT2D eigenvalue weighted by molar-refractivity contribution is 0.247. The maximum absolute atomic E-state index is 5.71. The Morgan fingerprint density at radius 1 is 0.864 bits per heavy atom. The number of ether oxygens (including phenoxy) is 2. The number of hydrogen-bond acceptors (Lipinski definition) is 5. The van der Waals surface area contributed by atoms with E-state index in [1.807, 2.05) is 54.6 Å². The van der Waals surface area contributed by atoms with E-state index in [0.717, 1.165) is 23.5 Å². The predicted octanol–water partition coefficient (Wildman–Crippen LogP) is 3.58. The van der Waals surface area contributed by atoms with Crippen LogP contribution in [0.4, 0.5) is 0 Å². The topological polar surface area (TPSA) is 57.4 Å². The summed E-state index contributed by atoms with van der Waals surface area (Å²) in [5, 5.41) is 7.55. The van der Waals surface area contributed by atoms with Gasteiger partial charge in [0.05, 0.1) is 13.2 Å². The van der Waals surface area contributed by atoms with Crippen molar-refractivity contribution in [2.75, 3.05) is 13.2 Å². The lowest BCUT2D eigenvalue weighted by atomic mass is 10.2. The molecule has 5 nitrogen and oxygen atoms in total. The molecule has 0 N–H and O–H groups in total. The Bertz CT molecular complexity index is 684. The summed E-state index contributed by atoms with van der Waals surface area (Å²) in [6.07, 6.45) is 2.11. The van der Waals surface area contributed by atoms with Gasteiger partial charge in [-0.15, -0.1) is 10.2 Å². The maximum atomic E-state index is 5.71. The fourth-order valence-corrected chi connectivity index (χ4v) is 1.97. The molecular formula is C17H16N2O3. The van der Waals surface area contributed by atoms with E-state index in [-0.39, 0.29) is 0 Å². The number of para-hydroxylation sites is 1. The van der Waals surface area contributed by atoms with Crippen LogP contribution in [0, 0.1) is 0 Å². The van der Waals surface area contributed by atoms with Crippen molar-refractivity contribution in [3.8, 4) is 23.0 Å².